The summed E-state index contributed by atoms with van der Waals surface area (Å²) in [5, 5.41) is 0. The number of hydrogen-bond acceptors (Lipinski definition) is 2. The second kappa shape index (κ2) is 1.94. The Labute approximate surface area is 55.1 Å². The lowest BCUT2D eigenvalue weighted by atomic mass is 9.86. The summed E-state index contributed by atoms with van der Waals surface area (Å²) in [5.41, 5.74) is 1.07. The molecule has 0 saturated heterocycles. The summed E-state index contributed by atoms with van der Waals surface area (Å²) < 4.78 is 3.81. The van der Waals surface area contributed by atoms with Crippen molar-refractivity contribution >= 4 is 38.3 Å². The zero-order valence-corrected chi connectivity index (χ0v) is 5.33. The summed E-state index contributed by atoms with van der Waals surface area (Å²) in [5.74, 6) is 0. The number of nitrogens with zero attached hydrogens (tertiary/aromatic N) is 1. The van der Waals surface area contributed by atoms with Gasteiger partial charge in [-0.15, -0.1) is 0 Å². The van der Waals surface area contributed by atoms with E-state index in [2.05, 4.69) is 4.37 Å². The molecule has 0 unspecified atom stereocenters. The SMILES string of the molecule is [B]c1nsc(C)c1[B]. The van der Waals surface area contributed by atoms with Crippen LogP contribution in [-0.2, 0) is 0 Å². The molecule has 1 rings (SSSR count). The van der Waals surface area contributed by atoms with E-state index in [1.54, 1.807) is 0 Å². The van der Waals surface area contributed by atoms with Crippen LogP contribution in [0, 0.1) is 6.92 Å². The second-order valence-electron chi connectivity index (χ2n) is 1.54. The summed E-state index contributed by atoms with van der Waals surface area (Å²) in [7, 11) is 10.7. The Hall–Kier alpha value is -0.240. The maximum Gasteiger partial charge on any atom is 0.142 e. The average Bonchev–Trinajstić information content (AvgIpc) is 1.98. The summed E-state index contributed by atoms with van der Waals surface area (Å²) in [6.07, 6.45) is 0. The van der Waals surface area contributed by atoms with E-state index in [4.69, 9.17) is 15.7 Å². The van der Waals surface area contributed by atoms with Crippen molar-refractivity contribution in [1.82, 2.24) is 4.37 Å². The molecule has 0 aromatic carbocycles. The summed E-state index contributed by atoms with van der Waals surface area (Å²) >= 11 is 1.33. The van der Waals surface area contributed by atoms with Gasteiger partial charge in [-0.25, -0.2) is 4.37 Å². The Morgan fingerprint density at radius 1 is 1.50 bits per heavy atom. The molecule has 0 atom stereocenters. The Balaban J connectivity index is 3.19. The molecule has 4 heteroatoms. The minimum Gasteiger partial charge on any atom is -0.210 e. The van der Waals surface area contributed by atoms with E-state index in [1.165, 1.54) is 11.5 Å². The fourth-order valence-electron chi connectivity index (χ4n) is 0.396. The summed E-state index contributed by atoms with van der Waals surface area (Å²) in [4.78, 5) is 0.988. The monoisotopic (exact) mass is 119 g/mol. The van der Waals surface area contributed by atoms with E-state index in [9.17, 15) is 0 Å². The van der Waals surface area contributed by atoms with Crippen LogP contribution in [0.4, 0.5) is 0 Å². The third-order valence-corrected chi connectivity index (χ3v) is 1.72. The van der Waals surface area contributed by atoms with Crippen LogP contribution in [-0.4, -0.2) is 20.1 Å². The zero-order chi connectivity index (χ0) is 6.15. The molecule has 1 aromatic heterocycles. The third kappa shape index (κ3) is 0.802. The van der Waals surface area contributed by atoms with Gasteiger partial charge in [-0.05, 0) is 24.0 Å². The first-order valence-corrected chi connectivity index (χ1v) is 2.96. The lowest BCUT2D eigenvalue weighted by Gasteiger charge is -1.84. The molecule has 0 aliphatic heterocycles. The predicted molar refractivity (Wildman–Crippen MR) is 37.6 cm³/mol. The minimum absolute atomic E-state index is 0.451. The first-order chi connectivity index (χ1) is 3.72. The maximum atomic E-state index is 5.42. The highest BCUT2D eigenvalue weighted by Crippen LogP contribution is 1.92. The number of aromatic nitrogens is 1. The van der Waals surface area contributed by atoms with Crippen LogP contribution in [0.1, 0.15) is 4.88 Å². The normalized spacial score (nSPS) is 9.62. The van der Waals surface area contributed by atoms with Crippen molar-refractivity contribution < 1.29 is 0 Å². The molecule has 0 saturated carbocycles. The number of aryl methyl sites for hydroxylation is 1. The van der Waals surface area contributed by atoms with Gasteiger partial charge in [0.2, 0.25) is 0 Å². The van der Waals surface area contributed by atoms with Gasteiger partial charge in [-0.1, -0.05) is 5.46 Å². The molecule has 1 heterocycles. The highest BCUT2D eigenvalue weighted by atomic mass is 32.1. The average molecular weight is 119 g/mol. The summed E-state index contributed by atoms with van der Waals surface area (Å²) in [6, 6.07) is 0. The van der Waals surface area contributed by atoms with Crippen molar-refractivity contribution in [1.29, 1.82) is 0 Å². The predicted octanol–water partition coefficient (Wildman–Crippen LogP) is -0.961. The van der Waals surface area contributed by atoms with Gasteiger partial charge in [0.15, 0.2) is 0 Å². The first-order valence-electron chi connectivity index (χ1n) is 2.19. The quantitative estimate of drug-likeness (QED) is 0.400. The molecule has 1 aromatic rings. The van der Waals surface area contributed by atoms with E-state index in [1.807, 2.05) is 6.92 Å². The molecule has 4 radical (unpaired) electrons. The first kappa shape index (κ1) is 5.89. The Morgan fingerprint density at radius 2 is 2.12 bits per heavy atom. The van der Waals surface area contributed by atoms with Gasteiger partial charge in [0.1, 0.15) is 15.7 Å². The Morgan fingerprint density at radius 3 is 2.25 bits per heavy atom. The molecule has 0 fully saturated rings. The molecule has 0 amide bonds. The smallest absolute Gasteiger partial charge is 0.142 e. The van der Waals surface area contributed by atoms with Gasteiger partial charge in [0.25, 0.3) is 0 Å². The van der Waals surface area contributed by atoms with Crippen LogP contribution < -0.4 is 11.1 Å². The molecular formula is C4H3B2NS. The van der Waals surface area contributed by atoms with Crippen molar-refractivity contribution in [3.8, 4) is 0 Å². The van der Waals surface area contributed by atoms with E-state index in [-0.39, 0.29) is 0 Å². The van der Waals surface area contributed by atoms with Crippen LogP contribution in [0.5, 0.6) is 0 Å². The molecule has 0 N–H and O–H groups in total. The van der Waals surface area contributed by atoms with Crippen molar-refractivity contribution in [2.24, 2.45) is 0 Å². The highest BCUT2D eigenvalue weighted by molar-refractivity contribution is 7.07. The summed E-state index contributed by atoms with van der Waals surface area (Å²) in [6.45, 7) is 1.89. The van der Waals surface area contributed by atoms with Crippen LogP contribution in [0.2, 0.25) is 0 Å². The lowest BCUT2D eigenvalue weighted by Crippen LogP contribution is -2.24. The number of rotatable bonds is 0. The molecule has 1 nitrogen and oxygen atoms in total. The molecule has 0 aliphatic carbocycles. The molecular weight excluding hydrogens is 116 g/mol. The fourth-order valence-corrected chi connectivity index (χ4v) is 0.933. The standard InChI is InChI=1S/C4H3B2NS/c1-2-3(5)4(6)7-8-2/h1H3. The highest BCUT2D eigenvalue weighted by Gasteiger charge is 1.96. The van der Waals surface area contributed by atoms with Gasteiger partial charge in [0, 0.05) is 4.88 Å². The van der Waals surface area contributed by atoms with E-state index >= 15 is 0 Å². The van der Waals surface area contributed by atoms with E-state index < -0.39 is 0 Å². The van der Waals surface area contributed by atoms with Gasteiger partial charge in [-0.2, -0.15) is 0 Å². The van der Waals surface area contributed by atoms with Gasteiger partial charge in [-0.3, -0.25) is 0 Å². The van der Waals surface area contributed by atoms with Crippen LogP contribution in [0.25, 0.3) is 0 Å². The molecule has 0 aliphatic rings. The van der Waals surface area contributed by atoms with Crippen LogP contribution >= 0.6 is 11.5 Å². The zero-order valence-electron chi connectivity index (χ0n) is 4.51. The number of hydrogen-bond donors (Lipinski definition) is 0. The molecule has 8 heavy (non-hydrogen) atoms. The molecule has 0 bridgehead atoms. The largest absolute Gasteiger partial charge is 0.210 e. The molecule has 36 valence electrons. The lowest BCUT2D eigenvalue weighted by molar-refractivity contribution is 1.69. The maximum absolute atomic E-state index is 5.42. The van der Waals surface area contributed by atoms with Crippen LogP contribution in [0.3, 0.4) is 0 Å². The fraction of sp³-hybridized carbons (Fsp3) is 0.250. The van der Waals surface area contributed by atoms with E-state index in [0.29, 0.717) is 11.1 Å². The van der Waals surface area contributed by atoms with Crippen molar-refractivity contribution in [2.45, 2.75) is 6.92 Å². The Kier molecular flexibility index (Phi) is 1.43. The molecule has 0 spiro atoms. The van der Waals surface area contributed by atoms with Gasteiger partial charge in [0.05, 0.1) is 0 Å². The van der Waals surface area contributed by atoms with Crippen molar-refractivity contribution in [2.75, 3.05) is 0 Å². The van der Waals surface area contributed by atoms with E-state index in [0.717, 1.165) is 4.88 Å². The Bertz CT molecular complexity index is 176. The minimum atomic E-state index is 0.451. The van der Waals surface area contributed by atoms with Crippen molar-refractivity contribution in [3.63, 3.8) is 0 Å². The van der Waals surface area contributed by atoms with Crippen molar-refractivity contribution in [3.05, 3.63) is 4.88 Å². The van der Waals surface area contributed by atoms with Gasteiger partial charge >= 0.3 is 0 Å². The van der Waals surface area contributed by atoms with Crippen LogP contribution in [0.15, 0.2) is 0 Å². The second-order valence-corrected chi connectivity index (χ2v) is 2.52. The topological polar surface area (TPSA) is 12.9 Å². The van der Waals surface area contributed by atoms with Gasteiger partial charge < -0.3 is 0 Å². The third-order valence-electron chi connectivity index (χ3n) is 0.936.